The van der Waals surface area contributed by atoms with E-state index in [4.69, 9.17) is 10.5 Å². The molecule has 142 valence electrons. The van der Waals surface area contributed by atoms with Gasteiger partial charge in [-0.2, -0.15) is 0 Å². The zero-order chi connectivity index (χ0) is 15.5. The Balaban J connectivity index is 0.00000144. The third-order valence-electron chi connectivity index (χ3n) is 6.06. The van der Waals surface area contributed by atoms with Gasteiger partial charge in [-0.15, -0.1) is 24.8 Å². The molecular formula is C17H33Cl2N3O2. The van der Waals surface area contributed by atoms with Gasteiger partial charge < -0.3 is 15.8 Å². The van der Waals surface area contributed by atoms with Gasteiger partial charge in [-0.3, -0.25) is 9.69 Å². The van der Waals surface area contributed by atoms with Crippen molar-refractivity contribution in [2.24, 2.45) is 5.73 Å². The van der Waals surface area contributed by atoms with E-state index in [9.17, 15) is 4.79 Å². The quantitative estimate of drug-likeness (QED) is 0.766. The number of carbonyl (C=O) groups excluding carboxylic acids is 1. The predicted molar refractivity (Wildman–Crippen MR) is 101 cm³/mol. The summed E-state index contributed by atoms with van der Waals surface area (Å²) in [4.78, 5) is 15.3. The number of nitrogens with one attached hydrogen (secondary N) is 1. The highest BCUT2D eigenvalue weighted by atomic mass is 35.5. The van der Waals surface area contributed by atoms with E-state index in [2.05, 4.69) is 10.2 Å². The van der Waals surface area contributed by atoms with Crippen LogP contribution in [0.3, 0.4) is 0 Å². The number of hydrogen-bond donors (Lipinski definition) is 2. The third-order valence-corrected chi connectivity index (χ3v) is 6.06. The smallest absolute Gasteiger partial charge is 0.222 e. The molecule has 0 unspecified atom stereocenters. The van der Waals surface area contributed by atoms with Gasteiger partial charge in [-0.05, 0) is 25.7 Å². The molecule has 3 rings (SSSR count). The molecule has 0 aromatic rings. The predicted octanol–water partition coefficient (Wildman–Crippen LogP) is 2.25. The van der Waals surface area contributed by atoms with Gasteiger partial charge in [0.2, 0.25) is 5.91 Å². The molecule has 0 aromatic heterocycles. The lowest BCUT2D eigenvalue weighted by Crippen LogP contribution is -2.57. The second kappa shape index (κ2) is 9.58. The summed E-state index contributed by atoms with van der Waals surface area (Å²) in [6.45, 7) is 4.11. The molecule has 24 heavy (non-hydrogen) atoms. The summed E-state index contributed by atoms with van der Waals surface area (Å²) in [6, 6.07) is 0. The minimum Gasteiger partial charge on any atom is -0.379 e. The molecule has 1 saturated heterocycles. The van der Waals surface area contributed by atoms with Crippen LogP contribution in [0, 0.1) is 0 Å². The van der Waals surface area contributed by atoms with Gasteiger partial charge in [0.15, 0.2) is 0 Å². The van der Waals surface area contributed by atoms with E-state index in [0.717, 1.165) is 52.0 Å². The average Bonchev–Trinajstić information content (AvgIpc) is 3.19. The van der Waals surface area contributed by atoms with Crippen molar-refractivity contribution in [1.29, 1.82) is 0 Å². The van der Waals surface area contributed by atoms with Gasteiger partial charge in [0.05, 0.1) is 18.8 Å². The number of carbonyl (C=O) groups is 1. The van der Waals surface area contributed by atoms with Crippen LogP contribution in [-0.2, 0) is 9.53 Å². The third kappa shape index (κ3) is 4.76. The van der Waals surface area contributed by atoms with Gasteiger partial charge in [-0.1, -0.05) is 25.7 Å². The first kappa shape index (κ1) is 22.0. The van der Waals surface area contributed by atoms with E-state index in [1.54, 1.807) is 0 Å². The van der Waals surface area contributed by atoms with E-state index in [1.807, 2.05) is 0 Å². The Morgan fingerprint density at radius 3 is 2.08 bits per heavy atom. The lowest BCUT2D eigenvalue weighted by molar-refractivity contribution is -0.127. The summed E-state index contributed by atoms with van der Waals surface area (Å²) in [5.74, 6) is 0.209. The number of nitrogens with two attached hydrogens (primary N) is 1. The van der Waals surface area contributed by atoms with E-state index >= 15 is 0 Å². The fraction of sp³-hybridized carbons (Fsp3) is 0.941. The minimum atomic E-state index is -0.123. The molecule has 0 radical (unpaired) electrons. The zero-order valence-electron chi connectivity index (χ0n) is 14.6. The molecular weight excluding hydrogens is 349 g/mol. The molecule has 7 heteroatoms. The van der Waals surface area contributed by atoms with Crippen LogP contribution in [0.15, 0.2) is 0 Å². The SMILES string of the molecule is Cl.Cl.NCC1(NC(=O)CC2(N3CCOCC3)CCCC2)CCCC1. The number of nitrogens with zero attached hydrogens (tertiary/aromatic N) is 1. The first-order chi connectivity index (χ1) is 10.7. The maximum atomic E-state index is 12.7. The lowest BCUT2D eigenvalue weighted by atomic mass is 9.88. The van der Waals surface area contributed by atoms with Gasteiger partial charge >= 0.3 is 0 Å². The normalized spacial score (nSPS) is 25.5. The molecule has 0 bridgehead atoms. The highest BCUT2D eigenvalue weighted by Crippen LogP contribution is 2.39. The number of morpholine rings is 1. The molecule has 3 aliphatic rings. The first-order valence-corrected chi connectivity index (χ1v) is 9.02. The van der Waals surface area contributed by atoms with Gasteiger partial charge in [0, 0.05) is 31.6 Å². The van der Waals surface area contributed by atoms with Gasteiger partial charge in [0.1, 0.15) is 0 Å². The second-order valence-electron chi connectivity index (χ2n) is 7.45. The monoisotopic (exact) mass is 381 g/mol. The van der Waals surface area contributed by atoms with Crippen molar-refractivity contribution < 1.29 is 9.53 Å². The van der Waals surface area contributed by atoms with Crippen LogP contribution in [0.4, 0.5) is 0 Å². The minimum absolute atomic E-state index is 0. The molecule has 1 heterocycles. The summed E-state index contributed by atoms with van der Waals surface area (Å²) in [5.41, 5.74) is 5.91. The molecule has 2 saturated carbocycles. The zero-order valence-corrected chi connectivity index (χ0v) is 16.2. The van der Waals surface area contributed by atoms with Crippen molar-refractivity contribution in [3.05, 3.63) is 0 Å². The van der Waals surface area contributed by atoms with Crippen molar-refractivity contribution in [3.8, 4) is 0 Å². The van der Waals surface area contributed by atoms with Gasteiger partial charge in [0.25, 0.3) is 0 Å². The Bertz CT molecular complexity index is 391. The maximum absolute atomic E-state index is 12.7. The number of amides is 1. The number of hydrogen-bond acceptors (Lipinski definition) is 4. The fourth-order valence-electron chi connectivity index (χ4n) is 4.75. The Hall–Kier alpha value is -0.0700. The Kier molecular flexibility index (Phi) is 8.77. The Labute approximate surface area is 158 Å². The topological polar surface area (TPSA) is 67.6 Å². The summed E-state index contributed by atoms with van der Waals surface area (Å²) < 4.78 is 5.49. The second-order valence-corrected chi connectivity index (χ2v) is 7.45. The Morgan fingerprint density at radius 2 is 1.54 bits per heavy atom. The highest BCUT2D eigenvalue weighted by Gasteiger charge is 2.43. The van der Waals surface area contributed by atoms with Crippen molar-refractivity contribution in [3.63, 3.8) is 0 Å². The van der Waals surface area contributed by atoms with E-state index in [1.165, 1.54) is 25.7 Å². The number of rotatable bonds is 5. The molecule has 0 aromatic carbocycles. The molecule has 0 atom stereocenters. The molecule has 2 aliphatic carbocycles. The summed E-state index contributed by atoms with van der Waals surface area (Å²) in [6.07, 6.45) is 9.87. The van der Waals surface area contributed by atoms with Crippen LogP contribution in [0.5, 0.6) is 0 Å². The Morgan fingerprint density at radius 1 is 1.00 bits per heavy atom. The first-order valence-electron chi connectivity index (χ1n) is 9.02. The van der Waals surface area contributed by atoms with Crippen LogP contribution >= 0.6 is 24.8 Å². The van der Waals surface area contributed by atoms with Crippen molar-refractivity contribution >= 4 is 30.7 Å². The number of ether oxygens (including phenoxy) is 1. The lowest BCUT2D eigenvalue weighted by Gasteiger charge is -2.43. The molecule has 3 fully saturated rings. The molecule has 0 spiro atoms. The summed E-state index contributed by atoms with van der Waals surface area (Å²) in [5, 5.41) is 3.31. The van der Waals surface area contributed by atoms with Crippen molar-refractivity contribution in [1.82, 2.24) is 10.2 Å². The van der Waals surface area contributed by atoms with Gasteiger partial charge in [-0.25, -0.2) is 0 Å². The van der Waals surface area contributed by atoms with Crippen LogP contribution in [0.25, 0.3) is 0 Å². The van der Waals surface area contributed by atoms with Crippen LogP contribution in [-0.4, -0.2) is 54.7 Å². The van der Waals surface area contributed by atoms with E-state index in [0.29, 0.717) is 13.0 Å². The number of halogens is 2. The molecule has 1 amide bonds. The van der Waals surface area contributed by atoms with E-state index < -0.39 is 0 Å². The van der Waals surface area contributed by atoms with Crippen LogP contribution in [0.1, 0.15) is 57.8 Å². The highest BCUT2D eigenvalue weighted by molar-refractivity contribution is 5.85. The average molecular weight is 382 g/mol. The van der Waals surface area contributed by atoms with Crippen molar-refractivity contribution in [2.75, 3.05) is 32.8 Å². The fourth-order valence-corrected chi connectivity index (χ4v) is 4.75. The van der Waals surface area contributed by atoms with Crippen molar-refractivity contribution in [2.45, 2.75) is 68.9 Å². The molecule has 5 nitrogen and oxygen atoms in total. The maximum Gasteiger partial charge on any atom is 0.222 e. The summed E-state index contributed by atoms with van der Waals surface area (Å²) in [7, 11) is 0. The standard InChI is InChI=1S/C17H31N3O2.2ClH/c18-14-16(5-1-2-6-16)19-15(21)13-17(7-3-4-8-17)20-9-11-22-12-10-20;;/h1-14,18H2,(H,19,21);2*1H. The molecule has 1 aliphatic heterocycles. The summed E-state index contributed by atoms with van der Waals surface area (Å²) >= 11 is 0. The molecule has 3 N–H and O–H groups in total. The van der Waals surface area contributed by atoms with Crippen LogP contribution < -0.4 is 11.1 Å². The van der Waals surface area contributed by atoms with E-state index in [-0.39, 0.29) is 41.8 Å². The van der Waals surface area contributed by atoms with Crippen LogP contribution in [0.2, 0.25) is 0 Å². The largest absolute Gasteiger partial charge is 0.379 e.